The Morgan fingerprint density at radius 2 is 1.85 bits per heavy atom. The number of rotatable bonds is 5. The van der Waals surface area contributed by atoms with Gasteiger partial charge >= 0.3 is 6.18 Å². The summed E-state index contributed by atoms with van der Waals surface area (Å²) in [5.41, 5.74) is -1.37. The van der Waals surface area contributed by atoms with Gasteiger partial charge < -0.3 is 10.6 Å². The van der Waals surface area contributed by atoms with E-state index in [1.807, 2.05) is 0 Å². The molecule has 0 aromatic heterocycles. The molecule has 0 aliphatic rings. The van der Waals surface area contributed by atoms with Crippen LogP contribution in [0.4, 0.5) is 24.5 Å². The Kier molecular flexibility index (Phi) is 6.16. The number of non-ortho nitro benzene ring substituents is 1. The SMILES string of the molecule is O=C(CNC(=O)c1cccc([N+](=O)[O-])c1)Nc1ccc(Br)c(C(F)(F)F)c1. The lowest BCUT2D eigenvalue weighted by Gasteiger charge is -2.12. The van der Waals surface area contributed by atoms with Gasteiger partial charge in [0, 0.05) is 27.9 Å². The van der Waals surface area contributed by atoms with Gasteiger partial charge in [-0.25, -0.2) is 0 Å². The maximum Gasteiger partial charge on any atom is 0.417 e. The number of carbonyl (C=O) groups excluding carboxylic acids is 2. The van der Waals surface area contributed by atoms with Crippen molar-refractivity contribution in [2.45, 2.75) is 6.18 Å². The van der Waals surface area contributed by atoms with E-state index in [-0.39, 0.29) is 21.4 Å². The predicted molar refractivity (Wildman–Crippen MR) is 93.2 cm³/mol. The summed E-state index contributed by atoms with van der Waals surface area (Å²) in [5.74, 6) is -1.50. The van der Waals surface area contributed by atoms with Crippen molar-refractivity contribution in [1.29, 1.82) is 0 Å². The Bertz CT molecular complexity index is 903. The van der Waals surface area contributed by atoms with E-state index in [0.29, 0.717) is 0 Å². The number of hydrogen-bond acceptors (Lipinski definition) is 4. The minimum Gasteiger partial charge on any atom is -0.343 e. The monoisotopic (exact) mass is 445 g/mol. The zero-order chi connectivity index (χ0) is 20.2. The number of benzene rings is 2. The Balaban J connectivity index is 2.00. The molecule has 0 aliphatic heterocycles. The second kappa shape index (κ2) is 8.16. The molecular weight excluding hydrogens is 435 g/mol. The number of anilines is 1. The average Bonchev–Trinajstić information content (AvgIpc) is 2.60. The molecule has 2 rings (SSSR count). The highest BCUT2D eigenvalue weighted by atomic mass is 79.9. The summed E-state index contributed by atoms with van der Waals surface area (Å²) in [6, 6.07) is 8.04. The van der Waals surface area contributed by atoms with E-state index in [4.69, 9.17) is 0 Å². The van der Waals surface area contributed by atoms with Gasteiger partial charge in [-0.2, -0.15) is 13.2 Å². The summed E-state index contributed by atoms with van der Waals surface area (Å²) in [5, 5.41) is 15.2. The van der Waals surface area contributed by atoms with Crippen molar-refractivity contribution in [1.82, 2.24) is 5.32 Å². The third-order valence-electron chi connectivity index (χ3n) is 3.28. The van der Waals surface area contributed by atoms with E-state index in [1.54, 1.807) is 0 Å². The molecule has 0 saturated heterocycles. The average molecular weight is 446 g/mol. The lowest BCUT2D eigenvalue weighted by atomic mass is 10.2. The molecule has 0 bridgehead atoms. The number of nitrogens with one attached hydrogen (secondary N) is 2. The fraction of sp³-hybridized carbons (Fsp3) is 0.125. The second-order valence-electron chi connectivity index (χ2n) is 5.23. The fourth-order valence-electron chi connectivity index (χ4n) is 2.05. The third kappa shape index (κ3) is 5.51. The van der Waals surface area contributed by atoms with Gasteiger partial charge in [-0.05, 0) is 24.3 Å². The van der Waals surface area contributed by atoms with Crippen LogP contribution in [-0.4, -0.2) is 23.3 Å². The first-order valence-electron chi connectivity index (χ1n) is 7.27. The maximum atomic E-state index is 12.8. The molecule has 2 N–H and O–H groups in total. The van der Waals surface area contributed by atoms with Crippen LogP contribution in [0, 0.1) is 10.1 Å². The Labute approximate surface area is 158 Å². The molecule has 27 heavy (non-hydrogen) atoms. The normalized spacial score (nSPS) is 11.0. The van der Waals surface area contributed by atoms with Crippen LogP contribution in [0.1, 0.15) is 15.9 Å². The lowest BCUT2D eigenvalue weighted by Crippen LogP contribution is -2.32. The first-order valence-corrected chi connectivity index (χ1v) is 8.06. The van der Waals surface area contributed by atoms with Gasteiger partial charge in [0.15, 0.2) is 0 Å². The highest BCUT2D eigenvalue weighted by molar-refractivity contribution is 9.10. The topological polar surface area (TPSA) is 101 Å². The largest absolute Gasteiger partial charge is 0.417 e. The Hall–Kier alpha value is -2.95. The molecule has 0 heterocycles. The van der Waals surface area contributed by atoms with Gasteiger partial charge in [0.05, 0.1) is 17.0 Å². The first kappa shape index (κ1) is 20.4. The van der Waals surface area contributed by atoms with Crippen LogP contribution in [0.25, 0.3) is 0 Å². The molecule has 0 radical (unpaired) electrons. The fourth-order valence-corrected chi connectivity index (χ4v) is 2.52. The van der Waals surface area contributed by atoms with Crippen molar-refractivity contribution in [3.8, 4) is 0 Å². The molecule has 11 heteroatoms. The summed E-state index contributed by atoms with van der Waals surface area (Å²) in [4.78, 5) is 33.8. The van der Waals surface area contributed by atoms with Gasteiger partial charge in [0.2, 0.25) is 5.91 Å². The van der Waals surface area contributed by atoms with Crippen molar-refractivity contribution in [2.75, 3.05) is 11.9 Å². The van der Waals surface area contributed by atoms with Crippen LogP contribution in [0.3, 0.4) is 0 Å². The molecule has 0 fully saturated rings. The predicted octanol–water partition coefficient (Wildman–Crippen LogP) is 3.74. The molecule has 2 aromatic carbocycles. The maximum absolute atomic E-state index is 12.8. The Morgan fingerprint density at radius 3 is 2.48 bits per heavy atom. The summed E-state index contributed by atoms with van der Waals surface area (Å²) < 4.78 is 38.4. The number of halogens is 4. The smallest absolute Gasteiger partial charge is 0.343 e. The Morgan fingerprint density at radius 1 is 1.15 bits per heavy atom. The van der Waals surface area contributed by atoms with Gasteiger partial charge in [-0.1, -0.05) is 22.0 Å². The van der Waals surface area contributed by atoms with Gasteiger partial charge in [-0.15, -0.1) is 0 Å². The van der Waals surface area contributed by atoms with Crippen LogP contribution < -0.4 is 10.6 Å². The van der Waals surface area contributed by atoms with Crippen LogP contribution in [0.2, 0.25) is 0 Å². The molecule has 0 unspecified atom stereocenters. The summed E-state index contributed by atoms with van der Waals surface area (Å²) >= 11 is 2.79. The summed E-state index contributed by atoms with van der Waals surface area (Å²) in [7, 11) is 0. The quantitative estimate of drug-likeness (QED) is 0.540. The zero-order valence-corrected chi connectivity index (χ0v) is 14.9. The van der Waals surface area contributed by atoms with E-state index in [1.165, 1.54) is 24.3 Å². The highest BCUT2D eigenvalue weighted by Crippen LogP contribution is 2.36. The van der Waals surface area contributed by atoms with Crippen molar-refractivity contribution >= 4 is 39.1 Å². The molecular formula is C16H11BrF3N3O4. The van der Waals surface area contributed by atoms with Gasteiger partial charge in [-0.3, -0.25) is 19.7 Å². The molecule has 0 saturated carbocycles. The van der Waals surface area contributed by atoms with E-state index in [9.17, 15) is 32.9 Å². The number of nitro groups is 1. The molecule has 0 spiro atoms. The number of amides is 2. The van der Waals surface area contributed by atoms with Crippen LogP contribution in [0.15, 0.2) is 46.9 Å². The second-order valence-corrected chi connectivity index (χ2v) is 6.09. The van der Waals surface area contributed by atoms with Gasteiger partial charge in [0.25, 0.3) is 11.6 Å². The molecule has 2 aromatic rings. The number of alkyl halides is 3. The molecule has 142 valence electrons. The zero-order valence-electron chi connectivity index (χ0n) is 13.3. The van der Waals surface area contributed by atoms with Crippen molar-refractivity contribution in [3.63, 3.8) is 0 Å². The molecule has 0 aliphatic carbocycles. The molecule has 7 nitrogen and oxygen atoms in total. The minimum atomic E-state index is -4.60. The van der Waals surface area contributed by atoms with Crippen molar-refractivity contribution in [2.24, 2.45) is 0 Å². The van der Waals surface area contributed by atoms with E-state index in [0.717, 1.165) is 18.2 Å². The summed E-state index contributed by atoms with van der Waals surface area (Å²) in [6.45, 7) is -0.529. The van der Waals surface area contributed by atoms with Crippen molar-refractivity contribution < 1.29 is 27.7 Å². The lowest BCUT2D eigenvalue weighted by molar-refractivity contribution is -0.384. The number of nitro benzene ring substituents is 1. The van der Waals surface area contributed by atoms with E-state index < -0.39 is 35.0 Å². The minimum absolute atomic E-state index is 0.0278. The van der Waals surface area contributed by atoms with Crippen LogP contribution >= 0.6 is 15.9 Å². The summed E-state index contributed by atoms with van der Waals surface area (Å²) in [6.07, 6.45) is -4.60. The number of carbonyl (C=O) groups is 2. The first-order chi connectivity index (χ1) is 12.6. The van der Waals surface area contributed by atoms with E-state index in [2.05, 4.69) is 26.6 Å². The number of nitrogens with zero attached hydrogens (tertiary/aromatic N) is 1. The van der Waals surface area contributed by atoms with Crippen molar-refractivity contribution in [3.05, 3.63) is 68.2 Å². The molecule has 2 amide bonds. The molecule has 0 atom stereocenters. The highest BCUT2D eigenvalue weighted by Gasteiger charge is 2.33. The third-order valence-corrected chi connectivity index (χ3v) is 3.98. The van der Waals surface area contributed by atoms with Crippen LogP contribution in [0.5, 0.6) is 0 Å². The van der Waals surface area contributed by atoms with Gasteiger partial charge in [0.1, 0.15) is 0 Å². The van der Waals surface area contributed by atoms with Crippen LogP contribution in [-0.2, 0) is 11.0 Å². The van der Waals surface area contributed by atoms with E-state index >= 15 is 0 Å². The number of hydrogen-bond donors (Lipinski definition) is 2. The standard InChI is InChI=1S/C16H11BrF3N3O4/c17-13-5-4-10(7-12(13)16(18,19)20)22-14(24)8-21-15(25)9-2-1-3-11(6-9)23(26)27/h1-7H,8H2,(H,21,25)(H,22,24).